The third-order valence-electron chi connectivity index (χ3n) is 8.94. The van der Waals surface area contributed by atoms with Gasteiger partial charge in [0.05, 0.1) is 34.5 Å². The molecule has 1 fully saturated rings. The number of carboxylic acid groups (broad SMARTS) is 1. The number of ether oxygens (including phenoxy) is 1. The van der Waals surface area contributed by atoms with E-state index in [1.165, 1.54) is 23.8 Å². The van der Waals surface area contributed by atoms with E-state index in [-0.39, 0.29) is 24.8 Å². The number of aliphatic carboxylic acids is 1. The summed E-state index contributed by atoms with van der Waals surface area (Å²) in [7, 11) is -1.94. The van der Waals surface area contributed by atoms with Gasteiger partial charge in [0.25, 0.3) is 0 Å². The molecular formula is C37H38FN3O5S. The van der Waals surface area contributed by atoms with Crippen molar-refractivity contribution in [2.24, 2.45) is 0 Å². The van der Waals surface area contributed by atoms with Crippen LogP contribution in [0.2, 0.25) is 0 Å². The van der Waals surface area contributed by atoms with Crippen LogP contribution in [0.25, 0.3) is 33.5 Å². The topological polar surface area (TPSA) is 102 Å². The first-order valence-electron chi connectivity index (χ1n) is 15.9. The zero-order chi connectivity index (χ0) is 33.1. The third kappa shape index (κ3) is 6.88. The maximum atomic E-state index is 16.0. The lowest BCUT2D eigenvalue weighted by molar-refractivity contribution is -0.136. The highest BCUT2D eigenvalue weighted by atomic mass is 32.2. The number of sulfonamides is 1. The fraction of sp³-hybridized carbons (Fsp3) is 0.297. The summed E-state index contributed by atoms with van der Waals surface area (Å²) in [4.78, 5) is 16.2. The van der Waals surface area contributed by atoms with E-state index in [4.69, 9.17) is 9.72 Å². The zero-order valence-corrected chi connectivity index (χ0v) is 27.3. The van der Waals surface area contributed by atoms with Crippen LogP contribution in [0.15, 0.2) is 84.9 Å². The number of fused-ring (bicyclic) bond motifs is 1. The molecule has 1 N–H and O–H groups in total. The van der Waals surface area contributed by atoms with Crippen LogP contribution in [0.1, 0.15) is 56.2 Å². The molecule has 10 heteroatoms. The SMILES string of the molecule is CCS(=O)(=O)N(C)c1ccc(-c2ccccc2)c(COc2ccc(-c3nc4cc(CC(=O)O)ccc4n3C3CCCCC3)c(F)c2)c1. The van der Waals surface area contributed by atoms with Gasteiger partial charge in [0.2, 0.25) is 10.0 Å². The van der Waals surface area contributed by atoms with Crippen molar-refractivity contribution in [1.82, 2.24) is 9.55 Å². The van der Waals surface area contributed by atoms with Gasteiger partial charge in [0.15, 0.2) is 0 Å². The van der Waals surface area contributed by atoms with Gasteiger partial charge in [-0.05, 0) is 78.4 Å². The second kappa shape index (κ2) is 13.6. The Labute approximate surface area is 274 Å². The first-order chi connectivity index (χ1) is 22.6. The molecule has 1 heterocycles. The van der Waals surface area contributed by atoms with E-state index < -0.39 is 21.8 Å². The fourth-order valence-corrected chi connectivity index (χ4v) is 7.23. The van der Waals surface area contributed by atoms with Crippen LogP contribution in [0.5, 0.6) is 5.75 Å². The quantitative estimate of drug-likeness (QED) is 0.155. The Bertz CT molecular complexity index is 2020. The van der Waals surface area contributed by atoms with Crippen LogP contribution in [0.3, 0.4) is 0 Å². The number of hydrogen-bond donors (Lipinski definition) is 1. The number of carbonyl (C=O) groups is 1. The summed E-state index contributed by atoms with van der Waals surface area (Å²) < 4.78 is 50.7. The maximum absolute atomic E-state index is 16.0. The molecule has 0 saturated heterocycles. The smallest absolute Gasteiger partial charge is 0.307 e. The van der Waals surface area contributed by atoms with Crippen LogP contribution in [0.4, 0.5) is 10.1 Å². The van der Waals surface area contributed by atoms with Crippen molar-refractivity contribution in [1.29, 1.82) is 0 Å². The van der Waals surface area contributed by atoms with Crippen LogP contribution in [-0.2, 0) is 27.8 Å². The number of halogens is 1. The highest BCUT2D eigenvalue weighted by molar-refractivity contribution is 7.92. The number of hydrogen-bond acceptors (Lipinski definition) is 5. The molecule has 4 aromatic carbocycles. The molecule has 1 saturated carbocycles. The number of aromatic nitrogens is 2. The molecule has 0 aliphatic heterocycles. The zero-order valence-electron chi connectivity index (χ0n) is 26.5. The van der Waals surface area contributed by atoms with Crippen molar-refractivity contribution >= 4 is 32.7 Å². The molecule has 0 spiro atoms. The molecule has 1 aliphatic carbocycles. The van der Waals surface area contributed by atoms with E-state index >= 15 is 4.39 Å². The average Bonchev–Trinajstić information content (AvgIpc) is 3.45. The first kappa shape index (κ1) is 32.2. The highest BCUT2D eigenvalue weighted by Gasteiger charge is 2.25. The van der Waals surface area contributed by atoms with E-state index in [0.29, 0.717) is 33.9 Å². The molecule has 0 radical (unpaired) electrons. The van der Waals surface area contributed by atoms with E-state index in [1.54, 1.807) is 37.3 Å². The summed E-state index contributed by atoms with van der Waals surface area (Å²) in [6, 6.07) is 25.6. The molecule has 0 bridgehead atoms. The molecular weight excluding hydrogens is 617 g/mol. The van der Waals surface area contributed by atoms with E-state index in [0.717, 1.165) is 47.9 Å². The highest BCUT2D eigenvalue weighted by Crippen LogP contribution is 2.38. The summed E-state index contributed by atoms with van der Waals surface area (Å²) in [5.74, 6) is -0.582. The van der Waals surface area contributed by atoms with Crippen molar-refractivity contribution in [3.05, 3.63) is 102 Å². The molecule has 8 nitrogen and oxygen atoms in total. The van der Waals surface area contributed by atoms with E-state index in [1.807, 2.05) is 48.5 Å². The van der Waals surface area contributed by atoms with Crippen molar-refractivity contribution < 1.29 is 27.4 Å². The second-order valence-corrected chi connectivity index (χ2v) is 14.3. The Morgan fingerprint density at radius 2 is 1.72 bits per heavy atom. The van der Waals surface area contributed by atoms with Crippen molar-refractivity contribution in [3.63, 3.8) is 0 Å². The van der Waals surface area contributed by atoms with E-state index in [9.17, 15) is 18.3 Å². The second-order valence-electron chi connectivity index (χ2n) is 12.0. The third-order valence-corrected chi connectivity index (χ3v) is 10.7. The Kier molecular flexibility index (Phi) is 9.31. The molecule has 47 heavy (non-hydrogen) atoms. The molecule has 0 amide bonds. The van der Waals surface area contributed by atoms with Crippen molar-refractivity contribution in [2.75, 3.05) is 17.1 Å². The van der Waals surface area contributed by atoms with Gasteiger partial charge in [-0.2, -0.15) is 0 Å². The van der Waals surface area contributed by atoms with Gasteiger partial charge in [-0.25, -0.2) is 17.8 Å². The number of carboxylic acids is 1. The molecule has 0 unspecified atom stereocenters. The summed E-state index contributed by atoms with van der Waals surface area (Å²) >= 11 is 0. The van der Waals surface area contributed by atoms with Gasteiger partial charge in [-0.3, -0.25) is 9.10 Å². The van der Waals surface area contributed by atoms with Crippen molar-refractivity contribution in [2.45, 2.75) is 58.1 Å². The van der Waals surface area contributed by atoms with Crippen LogP contribution >= 0.6 is 0 Å². The minimum absolute atomic E-state index is 0.0283. The van der Waals surface area contributed by atoms with Crippen LogP contribution in [-0.4, -0.2) is 41.8 Å². The van der Waals surface area contributed by atoms with Gasteiger partial charge >= 0.3 is 5.97 Å². The summed E-state index contributed by atoms with van der Waals surface area (Å²) in [6.07, 6.45) is 5.17. The van der Waals surface area contributed by atoms with Gasteiger partial charge in [-0.1, -0.05) is 61.7 Å². The lowest BCUT2D eigenvalue weighted by Gasteiger charge is -2.26. The van der Waals surface area contributed by atoms with E-state index in [2.05, 4.69) is 4.57 Å². The molecule has 244 valence electrons. The van der Waals surface area contributed by atoms with Gasteiger partial charge in [0, 0.05) is 19.2 Å². The van der Waals surface area contributed by atoms with Crippen LogP contribution in [0, 0.1) is 5.82 Å². The standard InChI is InChI=1S/C37H38FN3O5S/c1-3-47(44,45)40(2)29-15-17-31(26-10-6-4-7-11-26)27(22-29)24-46-30-16-18-32(33(38)23-30)37-39-34-20-25(21-36(42)43)14-19-35(34)41(37)28-12-8-5-9-13-28/h4,6-7,10-11,14-20,22-23,28H,3,5,8-9,12-13,21,24H2,1-2H3,(H,42,43). The molecule has 1 aliphatic rings. The number of benzene rings is 4. The average molecular weight is 656 g/mol. The monoisotopic (exact) mass is 655 g/mol. The molecule has 5 aromatic rings. The number of rotatable bonds is 11. The Morgan fingerprint density at radius 3 is 2.43 bits per heavy atom. The van der Waals surface area contributed by atoms with Gasteiger partial charge in [-0.15, -0.1) is 0 Å². The Balaban J connectivity index is 1.33. The molecule has 0 atom stereocenters. The number of nitrogens with zero attached hydrogens (tertiary/aromatic N) is 3. The van der Waals surface area contributed by atoms with Gasteiger partial charge < -0.3 is 14.4 Å². The Hall–Kier alpha value is -4.70. The number of anilines is 1. The minimum atomic E-state index is -3.47. The predicted octanol–water partition coefficient (Wildman–Crippen LogP) is 8.01. The lowest BCUT2D eigenvalue weighted by Crippen LogP contribution is -2.28. The predicted molar refractivity (Wildman–Crippen MR) is 183 cm³/mol. The molecule has 6 rings (SSSR count). The molecule has 1 aromatic heterocycles. The minimum Gasteiger partial charge on any atom is -0.489 e. The fourth-order valence-electron chi connectivity index (χ4n) is 6.40. The lowest BCUT2D eigenvalue weighted by atomic mass is 9.94. The summed E-state index contributed by atoms with van der Waals surface area (Å²) in [5.41, 5.74) is 5.61. The largest absolute Gasteiger partial charge is 0.489 e. The first-order valence-corrected chi connectivity index (χ1v) is 17.6. The maximum Gasteiger partial charge on any atom is 0.307 e. The number of imidazole rings is 1. The van der Waals surface area contributed by atoms with Crippen molar-refractivity contribution in [3.8, 4) is 28.3 Å². The summed E-state index contributed by atoms with van der Waals surface area (Å²) in [5, 5.41) is 9.30. The van der Waals surface area contributed by atoms with Crippen LogP contribution < -0.4 is 9.04 Å². The van der Waals surface area contributed by atoms with Gasteiger partial charge in [0.1, 0.15) is 24.0 Å². The Morgan fingerprint density at radius 1 is 0.979 bits per heavy atom. The normalized spacial score (nSPS) is 13.9. The summed E-state index contributed by atoms with van der Waals surface area (Å²) in [6.45, 7) is 1.69.